The first-order valence-electron chi connectivity index (χ1n) is 8.52. The van der Waals surface area contributed by atoms with Crippen molar-refractivity contribution in [2.45, 2.75) is 25.7 Å². The SMILES string of the molecule is COc1ccc(C)cc1NC(=O)[C@H](C)OC(=O)c1ccc(CS(C)(=O)=O)cc1. The van der Waals surface area contributed by atoms with Crippen LogP contribution < -0.4 is 10.1 Å². The van der Waals surface area contributed by atoms with Crippen LogP contribution in [-0.4, -0.2) is 39.8 Å². The van der Waals surface area contributed by atoms with E-state index in [4.69, 9.17) is 9.47 Å². The highest BCUT2D eigenvalue weighted by Gasteiger charge is 2.20. The Balaban J connectivity index is 2.01. The summed E-state index contributed by atoms with van der Waals surface area (Å²) >= 11 is 0. The van der Waals surface area contributed by atoms with Crippen molar-refractivity contribution in [1.82, 2.24) is 0 Å². The van der Waals surface area contributed by atoms with Gasteiger partial charge < -0.3 is 14.8 Å². The molecule has 7 nitrogen and oxygen atoms in total. The second kappa shape index (κ2) is 8.88. The number of esters is 1. The second-order valence-corrected chi connectivity index (χ2v) is 8.65. The number of hydrogen-bond donors (Lipinski definition) is 1. The minimum absolute atomic E-state index is 0.112. The van der Waals surface area contributed by atoms with Crippen molar-refractivity contribution >= 4 is 27.4 Å². The molecule has 0 aliphatic heterocycles. The van der Waals surface area contributed by atoms with E-state index < -0.39 is 27.8 Å². The number of benzene rings is 2. The van der Waals surface area contributed by atoms with Gasteiger partial charge in [-0.2, -0.15) is 0 Å². The van der Waals surface area contributed by atoms with Gasteiger partial charge in [-0.1, -0.05) is 18.2 Å². The molecule has 1 N–H and O–H groups in total. The van der Waals surface area contributed by atoms with Crippen molar-refractivity contribution in [3.8, 4) is 5.75 Å². The van der Waals surface area contributed by atoms with Gasteiger partial charge in [-0.05, 0) is 49.2 Å². The fraction of sp³-hybridized carbons (Fsp3) is 0.300. The number of nitrogens with one attached hydrogen (secondary N) is 1. The van der Waals surface area contributed by atoms with Crippen LogP contribution in [0, 0.1) is 6.92 Å². The summed E-state index contributed by atoms with van der Waals surface area (Å²) in [5.74, 6) is -0.783. The number of sulfone groups is 1. The predicted octanol–water partition coefficient (Wildman–Crippen LogP) is 2.73. The van der Waals surface area contributed by atoms with Crippen LogP contribution in [0.2, 0.25) is 0 Å². The molecular weight excluding hydrogens is 382 g/mol. The second-order valence-electron chi connectivity index (χ2n) is 6.51. The molecule has 2 aromatic rings. The van der Waals surface area contributed by atoms with E-state index in [1.807, 2.05) is 13.0 Å². The summed E-state index contributed by atoms with van der Waals surface area (Å²) in [5, 5.41) is 2.69. The number of amides is 1. The van der Waals surface area contributed by atoms with Crippen molar-refractivity contribution < 1.29 is 27.5 Å². The Morgan fingerprint density at radius 1 is 1.11 bits per heavy atom. The minimum Gasteiger partial charge on any atom is -0.495 e. The third kappa shape index (κ3) is 6.09. The van der Waals surface area contributed by atoms with E-state index in [2.05, 4.69) is 5.32 Å². The first-order chi connectivity index (χ1) is 13.1. The molecule has 0 aliphatic rings. The van der Waals surface area contributed by atoms with Gasteiger partial charge in [0.1, 0.15) is 5.75 Å². The summed E-state index contributed by atoms with van der Waals surface area (Å²) in [4.78, 5) is 24.6. The number of aryl methyl sites for hydroxylation is 1. The van der Waals surface area contributed by atoms with E-state index >= 15 is 0 Å². The molecule has 2 aromatic carbocycles. The van der Waals surface area contributed by atoms with Crippen LogP contribution in [-0.2, 0) is 25.1 Å². The summed E-state index contributed by atoms with van der Waals surface area (Å²) in [7, 11) is -1.66. The molecule has 1 amide bonds. The third-order valence-corrected chi connectivity index (χ3v) is 4.74. The third-order valence-electron chi connectivity index (χ3n) is 3.88. The molecule has 8 heteroatoms. The first-order valence-corrected chi connectivity index (χ1v) is 10.6. The highest BCUT2D eigenvalue weighted by molar-refractivity contribution is 7.89. The van der Waals surface area contributed by atoms with Crippen LogP contribution in [0.3, 0.4) is 0 Å². The summed E-state index contributed by atoms with van der Waals surface area (Å²) in [5.41, 5.74) is 2.22. The van der Waals surface area contributed by atoms with Crippen LogP contribution in [0.5, 0.6) is 5.75 Å². The van der Waals surface area contributed by atoms with Gasteiger partial charge in [0.15, 0.2) is 15.9 Å². The van der Waals surface area contributed by atoms with Gasteiger partial charge in [-0.25, -0.2) is 13.2 Å². The lowest BCUT2D eigenvalue weighted by molar-refractivity contribution is -0.123. The number of carbonyl (C=O) groups is 2. The molecule has 0 aromatic heterocycles. The zero-order chi connectivity index (χ0) is 20.9. The van der Waals surface area contributed by atoms with Crippen LogP contribution >= 0.6 is 0 Å². The predicted molar refractivity (Wildman–Crippen MR) is 106 cm³/mol. The molecule has 2 rings (SSSR count). The fourth-order valence-corrected chi connectivity index (χ4v) is 3.27. The lowest BCUT2D eigenvalue weighted by Crippen LogP contribution is -2.30. The smallest absolute Gasteiger partial charge is 0.338 e. The maximum absolute atomic E-state index is 12.4. The number of ether oxygens (including phenoxy) is 2. The van der Waals surface area contributed by atoms with Crippen LogP contribution in [0.25, 0.3) is 0 Å². The molecule has 0 fully saturated rings. The van der Waals surface area contributed by atoms with E-state index in [0.717, 1.165) is 11.8 Å². The number of carbonyl (C=O) groups excluding carboxylic acids is 2. The Kier molecular flexibility index (Phi) is 6.80. The normalized spacial score (nSPS) is 12.1. The van der Waals surface area contributed by atoms with Crippen LogP contribution in [0.1, 0.15) is 28.4 Å². The Hall–Kier alpha value is -2.87. The summed E-state index contributed by atoms with van der Waals surface area (Å²) in [6, 6.07) is 11.4. The van der Waals surface area contributed by atoms with Crippen molar-refractivity contribution in [2.24, 2.45) is 0 Å². The Labute approximate surface area is 164 Å². The molecule has 0 radical (unpaired) electrons. The van der Waals surface area contributed by atoms with Crippen molar-refractivity contribution in [3.63, 3.8) is 0 Å². The highest BCUT2D eigenvalue weighted by Crippen LogP contribution is 2.25. The van der Waals surface area contributed by atoms with Gasteiger partial charge in [-0.15, -0.1) is 0 Å². The van der Waals surface area contributed by atoms with E-state index in [0.29, 0.717) is 17.0 Å². The quantitative estimate of drug-likeness (QED) is 0.711. The van der Waals surface area contributed by atoms with Gasteiger partial charge in [-0.3, -0.25) is 4.79 Å². The average Bonchev–Trinajstić information content (AvgIpc) is 2.61. The number of rotatable bonds is 7. The van der Waals surface area contributed by atoms with Gasteiger partial charge in [0.25, 0.3) is 5.91 Å². The fourth-order valence-electron chi connectivity index (χ4n) is 2.48. The molecule has 0 heterocycles. The molecular formula is C20H23NO6S. The van der Waals surface area contributed by atoms with Gasteiger partial charge in [0.2, 0.25) is 0 Å². The monoisotopic (exact) mass is 405 g/mol. The maximum atomic E-state index is 12.4. The van der Waals surface area contributed by atoms with Crippen molar-refractivity contribution in [1.29, 1.82) is 0 Å². The maximum Gasteiger partial charge on any atom is 0.338 e. The topological polar surface area (TPSA) is 98.8 Å². The van der Waals surface area contributed by atoms with Crippen LogP contribution in [0.15, 0.2) is 42.5 Å². The largest absolute Gasteiger partial charge is 0.495 e. The van der Waals surface area contributed by atoms with E-state index in [1.165, 1.54) is 26.2 Å². The molecule has 0 bridgehead atoms. The van der Waals surface area contributed by atoms with Gasteiger partial charge in [0.05, 0.1) is 24.1 Å². The molecule has 0 aliphatic carbocycles. The van der Waals surface area contributed by atoms with E-state index in [-0.39, 0.29) is 11.3 Å². The average molecular weight is 405 g/mol. The number of anilines is 1. The zero-order valence-electron chi connectivity index (χ0n) is 16.2. The molecule has 1 atom stereocenters. The molecule has 0 saturated carbocycles. The summed E-state index contributed by atoms with van der Waals surface area (Å²) < 4.78 is 33.0. The van der Waals surface area contributed by atoms with Gasteiger partial charge in [0, 0.05) is 6.26 Å². The van der Waals surface area contributed by atoms with E-state index in [9.17, 15) is 18.0 Å². The summed E-state index contributed by atoms with van der Waals surface area (Å²) in [6.45, 7) is 3.35. The Morgan fingerprint density at radius 3 is 2.32 bits per heavy atom. The van der Waals surface area contributed by atoms with Gasteiger partial charge >= 0.3 is 5.97 Å². The van der Waals surface area contributed by atoms with Crippen molar-refractivity contribution in [3.05, 3.63) is 59.2 Å². The number of hydrogen-bond acceptors (Lipinski definition) is 6. The minimum atomic E-state index is -3.16. The number of methoxy groups -OCH3 is 1. The molecule has 0 saturated heterocycles. The highest BCUT2D eigenvalue weighted by atomic mass is 32.2. The standard InChI is InChI=1S/C20H23NO6S/c1-13-5-10-18(26-3)17(11-13)21-19(22)14(2)27-20(23)16-8-6-15(7-9-16)12-28(4,24)25/h5-11,14H,12H2,1-4H3,(H,21,22)/t14-/m0/s1. The lowest BCUT2D eigenvalue weighted by atomic mass is 10.1. The first kappa shape index (κ1) is 21.4. The van der Waals surface area contributed by atoms with Crippen molar-refractivity contribution in [2.75, 3.05) is 18.7 Å². The molecule has 150 valence electrons. The molecule has 0 unspecified atom stereocenters. The zero-order valence-corrected chi connectivity index (χ0v) is 17.0. The summed E-state index contributed by atoms with van der Waals surface area (Å²) in [6.07, 6.45) is 0.104. The Bertz CT molecular complexity index is 967. The molecule has 0 spiro atoms. The Morgan fingerprint density at radius 2 is 1.75 bits per heavy atom. The van der Waals surface area contributed by atoms with E-state index in [1.54, 1.807) is 24.3 Å². The lowest BCUT2D eigenvalue weighted by Gasteiger charge is -2.15. The molecule has 28 heavy (non-hydrogen) atoms. The van der Waals surface area contributed by atoms with Crippen LogP contribution in [0.4, 0.5) is 5.69 Å².